The number of hydrogen-bond donors (Lipinski definition) is 0. The Balaban J connectivity index is 1.49. The van der Waals surface area contributed by atoms with Crippen molar-refractivity contribution in [2.24, 2.45) is 5.92 Å². The molecule has 0 saturated carbocycles. The fraction of sp³-hybridized carbons (Fsp3) is 0.333. The molecule has 0 radical (unpaired) electrons. The van der Waals surface area contributed by atoms with Gasteiger partial charge in [-0.3, -0.25) is 9.58 Å². The summed E-state index contributed by atoms with van der Waals surface area (Å²) in [6.45, 7) is 4.08. The number of benzene rings is 1. The minimum atomic E-state index is 0.668. The van der Waals surface area contributed by atoms with Gasteiger partial charge in [0.15, 0.2) is 0 Å². The van der Waals surface area contributed by atoms with E-state index in [1.54, 1.807) is 0 Å². The van der Waals surface area contributed by atoms with Crippen molar-refractivity contribution in [3.8, 4) is 6.07 Å². The molecule has 4 nitrogen and oxygen atoms in total. The molecule has 0 spiro atoms. The van der Waals surface area contributed by atoms with Gasteiger partial charge in [0.25, 0.3) is 0 Å². The summed E-state index contributed by atoms with van der Waals surface area (Å²) in [7, 11) is 0. The molecule has 1 aromatic carbocycles. The maximum atomic E-state index is 8.90. The van der Waals surface area contributed by atoms with E-state index in [0.717, 1.165) is 36.2 Å². The van der Waals surface area contributed by atoms with E-state index in [2.05, 4.69) is 38.1 Å². The molecule has 0 bridgehead atoms. The largest absolute Gasteiger partial charge is 0.298 e. The van der Waals surface area contributed by atoms with E-state index in [1.165, 1.54) is 5.56 Å². The van der Waals surface area contributed by atoms with Crippen LogP contribution in [0.3, 0.4) is 0 Å². The lowest BCUT2D eigenvalue weighted by Gasteiger charge is -2.39. The van der Waals surface area contributed by atoms with Crippen LogP contribution in [0.2, 0.25) is 0 Å². The molecule has 1 aromatic heterocycles. The standard InChI is InChI=1S/C15H15BrN4/c16-15-6-18-20(11-15)10-14-8-19(9-14)7-13-3-1-2-12(4-13)5-17/h1-4,6,11,14H,7-10H2. The fourth-order valence-electron chi connectivity index (χ4n) is 2.62. The fourth-order valence-corrected chi connectivity index (χ4v) is 2.95. The third-order valence-electron chi connectivity index (χ3n) is 3.54. The smallest absolute Gasteiger partial charge is 0.0991 e. The van der Waals surface area contributed by atoms with Crippen LogP contribution in [0.25, 0.3) is 0 Å². The number of likely N-dealkylation sites (tertiary alicyclic amines) is 1. The Kier molecular flexibility index (Phi) is 3.86. The van der Waals surface area contributed by atoms with Crippen molar-refractivity contribution >= 4 is 15.9 Å². The zero-order chi connectivity index (χ0) is 13.9. The molecule has 1 saturated heterocycles. The molecule has 102 valence electrons. The molecule has 2 heterocycles. The van der Waals surface area contributed by atoms with E-state index in [9.17, 15) is 0 Å². The highest BCUT2D eigenvalue weighted by Crippen LogP contribution is 2.21. The minimum Gasteiger partial charge on any atom is -0.298 e. The van der Waals surface area contributed by atoms with Crippen LogP contribution in [0.4, 0.5) is 0 Å². The zero-order valence-electron chi connectivity index (χ0n) is 11.0. The van der Waals surface area contributed by atoms with Crippen LogP contribution in [0, 0.1) is 17.2 Å². The first kappa shape index (κ1) is 13.3. The first-order chi connectivity index (χ1) is 9.72. The van der Waals surface area contributed by atoms with Crippen LogP contribution in [-0.2, 0) is 13.1 Å². The molecule has 0 aliphatic carbocycles. The van der Waals surface area contributed by atoms with E-state index < -0.39 is 0 Å². The van der Waals surface area contributed by atoms with Crippen molar-refractivity contribution < 1.29 is 0 Å². The third-order valence-corrected chi connectivity index (χ3v) is 3.95. The predicted octanol–water partition coefficient (Wildman–Crippen LogP) is 2.65. The number of aromatic nitrogens is 2. The van der Waals surface area contributed by atoms with Crippen molar-refractivity contribution in [1.29, 1.82) is 5.26 Å². The van der Waals surface area contributed by atoms with Gasteiger partial charge in [0.2, 0.25) is 0 Å². The summed E-state index contributed by atoms with van der Waals surface area (Å²) in [5, 5.41) is 13.2. The first-order valence-electron chi connectivity index (χ1n) is 6.62. The average molecular weight is 331 g/mol. The van der Waals surface area contributed by atoms with Gasteiger partial charge in [0.1, 0.15) is 0 Å². The van der Waals surface area contributed by atoms with Crippen molar-refractivity contribution in [2.75, 3.05) is 13.1 Å². The maximum absolute atomic E-state index is 8.90. The maximum Gasteiger partial charge on any atom is 0.0991 e. The number of hydrogen-bond acceptors (Lipinski definition) is 3. The van der Waals surface area contributed by atoms with Gasteiger partial charge in [-0.25, -0.2) is 0 Å². The highest BCUT2D eigenvalue weighted by Gasteiger charge is 2.26. The molecule has 1 aliphatic rings. The van der Waals surface area contributed by atoms with Crippen LogP contribution >= 0.6 is 15.9 Å². The van der Waals surface area contributed by atoms with E-state index in [0.29, 0.717) is 5.92 Å². The topological polar surface area (TPSA) is 44.9 Å². The summed E-state index contributed by atoms with van der Waals surface area (Å²) < 4.78 is 3.02. The average Bonchev–Trinajstić information content (AvgIpc) is 2.82. The lowest BCUT2D eigenvalue weighted by atomic mass is 9.99. The molecular formula is C15H15BrN4. The molecule has 0 N–H and O–H groups in total. The van der Waals surface area contributed by atoms with Crippen LogP contribution in [-0.4, -0.2) is 27.8 Å². The zero-order valence-corrected chi connectivity index (χ0v) is 12.6. The summed E-state index contributed by atoms with van der Waals surface area (Å²) >= 11 is 3.41. The lowest BCUT2D eigenvalue weighted by molar-refractivity contribution is 0.0778. The SMILES string of the molecule is N#Cc1cccc(CN2CC(Cn3cc(Br)cn3)C2)c1. The molecule has 0 amide bonds. The Morgan fingerprint density at radius 2 is 2.25 bits per heavy atom. The Hall–Kier alpha value is -1.64. The quantitative estimate of drug-likeness (QED) is 0.865. The van der Waals surface area contributed by atoms with Crippen LogP contribution < -0.4 is 0 Å². The Labute approximate surface area is 126 Å². The molecule has 2 aromatic rings. The lowest BCUT2D eigenvalue weighted by Crippen LogP contribution is -2.47. The number of nitrogens with zero attached hydrogens (tertiary/aromatic N) is 4. The molecule has 1 fully saturated rings. The Morgan fingerprint density at radius 3 is 2.95 bits per heavy atom. The van der Waals surface area contributed by atoms with Gasteiger partial charge in [-0.05, 0) is 33.6 Å². The summed E-state index contributed by atoms with van der Waals surface area (Å²) in [6.07, 6.45) is 3.84. The highest BCUT2D eigenvalue weighted by molar-refractivity contribution is 9.10. The van der Waals surface area contributed by atoms with Crippen molar-refractivity contribution in [1.82, 2.24) is 14.7 Å². The second-order valence-corrected chi connectivity index (χ2v) is 6.17. The van der Waals surface area contributed by atoms with Gasteiger partial charge in [0, 0.05) is 38.3 Å². The van der Waals surface area contributed by atoms with Gasteiger partial charge in [-0.2, -0.15) is 10.4 Å². The van der Waals surface area contributed by atoms with Crippen molar-refractivity contribution in [3.05, 3.63) is 52.3 Å². The Bertz CT molecular complexity index is 637. The molecular weight excluding hydrogens is 316 g/mol. The van der Waals surface area contributed by atoms with E-state index >= 15 is 0 Å². The van der Waals surface area contributed by atoms with Gasteiger partial charge in [0.05, 0.1) is 22.3 Å². The molecule has 1 aliphatic heterocycles. The van der Waals surface area contributed by atoms with Crippen LogP contribution in [0.5, 0.6) is 0 Å². The van der Waals surface area contributed by atoms with Gasteiger partial charge in [-0.1, -0.05) is 12.1 Å². The number of halogens is 1. The Morgan fingerprint density at radius 1 is 1.40 bits per heavy atom. The normalized spacial score (nSPS) is 15.8. The van der Waals surface area contributed by atoms with E-state index in [4.69, 9.17) is 5.26 Å². The van der Waals surface area contributed by atoms with Crippen LogP contribution in [0.15, 0.2) is 41.1 Å². The second-order valence-electron chi connectivity index (χ2n) is 5.25. The molecule has 0 atom stereocenters. The third kappa shape index (κ3) is 3.09. The highest BCUT2D eigenvalue weighted by atomic mass is 79.9. The monoisotopic (exact) mass is 330 g/mol. The van der Waals surface area contributed by atoms with Gasteiger partial charge < -0.3 is 0 Å². The van der Waals surface area contributed by atoms with Crippen molar-refractivity contribution in [3.63, 3.8) is 0 Å². The summed E-state index contributed by atoms with van der Waals surface area (Å²) in [4.78, 5) is 2.40. The first-order valence-corrected chi connectivity index (χ1v) is 7.41. The minimum absolute atomic E-state index is 0.668. The summed E-state index contributed by atoms with van der Waals surface area (Å²) in [6, 6.07) is 10.0. The molecule has 0 unspecified atom stereocenters. The summed E-state index contributed by atoms with van der Waals surface area (Å²) in [5.41, 5.74) is 1.95. The predicted molar refractivity (Wildman–Crippen MR) is 79.9 cm³/mol. The van der Waals surface area contributed by atoms with Crippen molar-refractivity contribution in [2.45, 2.75) is 13.1 Å². The van der Waals surface area contributed by atoms with Crippen LogP contribution in [0.1, 0.15) is 11.1 Å². The van der Waals surface area contributed by atoms with E-state index in [1.807, 2.05) is 35.3 Å². The molecule has 3 rings (SSSR count). The second kappa shape index (κ2) is 5.78. The van der Waals surface area contributed by atoms with Gasteiger partial charge >= 0.3 is 0 Å². The molecule has 5 heteroatoms. The molecule has 20 heavy (non-hydrogen) atoms. The van der Waals surface area contributed by atoms with Gasteiger partial charge in [-0.15, -0.1) is 0 Å². The van der Waals surface area contributed by atoms with E-state index in [-0.39, 0.29) is 0 Å². The summed E-state index contributed by atoms with van der Waals surface area (Å²) in [5.74, 6) is 0.668. The number of nitriles is 1. The number of rotatable bonds is 4.